The number of hydrogen-bond acceptors (Lipinski definition) is 3. The van der Waals surface area contributed by atoms with Crippen LogP contribution in [0, 0.1) is 5.82 Å². The lowest BCUT2D eigenvalue weighted by atomic mass is 9.98. The zero-order valence-electron chi connectivity index (χ0n) is 14.4. The van der Waals surface area contributed by atoms with Crippen molar-refractivity contribution < 1.29 is 13.9 Å². The SMILES string of the molecule is CC/C=C/C(=O)c1cnc(Oc2ccc(C3CCCC3)cc2)c(F)c1. The molecule has 4 heteroatoms. The fraction of sp³-hybridized carbons (Fsp3) is 0.333. The zero-order chi connectivity index (χ0) is 17.6. The summed E-state index contributed by atoms with van der Waals surface area (Å²) < 4.78 is 19.7. The maximum Gasteiger partial charge on any atom is 0.255 e. The Bertz CT molecular complexity index is 762. The van der Waals surface area contributed by atoms with Crippen LogP contribution in [-0.4, -0.2) is 10.8 Å². The van der Waals surface area contributed by atoms with Crippen molar-refractivity contribution in [3.05, 3.63) is 65.6 Å². The number of aromatic nitrogens is 1. The quantitative estimate of drug-likeness (QED) is 0.492. The molecule has 0 saturated heterocycles. The number of carbonyl (C=O) groups excluding carboxylic acids is 1. The topological polar surface area (TPSA) is 39.2 Å². The van der Waals surface area contributed by atoms with E-state index in [-0.39, 0.29) is 17.2 Å². The van der Waals surface area contributed by atoms with E-state index in [2.05, 4.69) is 4.98 Å². The molecule has 0 aliphatic heterocycles. The molecule has 0 N–H and O–H groups in total. The smallest absolute Gasteiger partial charge is 0.255 e. The van der Waals surface area contributed by atoms with E-state index in [1.165, 1.54) is 43.5 Å². The monoisotopic (exact) mass is 339 g/mol. The van der Waals surface area contributed by atoms with Gasteiger partial charge < -0.3 is 4.74 Å². The lowest BCUT2D eigenvalue weighted by Crippen LogP contribution is -2.00. The normalized spacial score (nSPS) is 15.0. The molecule has 0 bridgehead atoms. The summed E-state index contributed by atoms with van der Waals surface area (Å²) in [5, 5.41) is 0. The number of hydrogen-bond donors (Lipinski definition) is 0. The molecule has 1 heterocycles. The Balaban J connectivity index is 1.70. The van der Waals surface area contributed by atoms with Crippen molar-refractivity contribution in [2.75, 3.05) is 0 Å². The zero-order valence-corrected chi connectivity index (χ0v) is 14.4. The first-order valence-electron chi connectivity index (χ1n) is 8.81. The molecule has 1 fully saturated rings. The van der Waals surface area contributed by atoms with Crippen molar-refractivity contribution in [3.8, 4) is 11.6 Å². The second kappa shape index (κ2) is 8.06. The maximum absolute atomic E-state index is 14.2. The van der Waals surface area contributed by atoms with Crippen molar-refractivity contribution >= 4 is 5.78 Å². The van der Waals surface area contributed by atoms with Gasteiger partial charge in [0.05, 0.1) is 0 Å². The molecule has 3 nitrogen and oxygen atoms in total. The van der Waals surface area contributed by atoms with Crippen LogP contribution in [0.3, 0.4) is 0 Å². The summed E-state index contributed by atoms with van der Waals surface area (Å²) in [6, 6.07) is 8.93. The molecule has 3 rings (SSSR count). The fourth-order valence-electron chi connectivity index (χ4n) is 3.14. The van der Waals surface area contributed by atoms with Gasteiger partial charge >= 0.3 is 0 Å². The van der Waals surface area contributed by atoms with Crippen LogP contribution in [0.1, 0.15) is 60.9 Å². The third kappa shape index (κ3) is 4.32. The maximum atomic E-state index is 14.2. The lowest BCUT2D eigenvalue weighted by Gasteiger charge is -2.11. The summed E-state index contributed by atoms with van der Waals surface area (Å²) in [4.78, 5) is 15.8. The van der Waals surface area contributed by atoms with Gasteiger partial charge in [-0.3, -0.25) is 4.79 Å². The van der Waals surface area contributed by atoms with E-state index in [9.17, 15) is 9.18 Å². The van der Waals surface area contributed by atoms with Crippen LogP contribution in [0.15, 0.2) is 48.7 Å². The Kier molecular flexibility index (Phi) is 5.59. The van der Waals surface area contributed by atoms with Gasteiger partial charge in [-0.15, -0.1) is 0 Å². The van der Waals surface area contributed by atoms with Crippen LogP contribution < -0.4 is 4.74 Å². The minimum absolute atomic E-state index is 0.121. The molecular formula is C21H22FNO2. The van der Waals surface area contributed by atoms with Crippen molar-refractivity contribution in [2.24, 2.45) is 0 Å². The molecule has 1 aromatic carbocycles. The molecule has 1 aliphatic carbocycles. The van der Waals surface area contributed by atoms with Crippen LogP contribution in [0.4, 0.5) is 4.39 Å². The second-order valence-corrected chi connectivity index (χ2v) is 6.34. The minimum atomic E-state index is -0.643. The van der Waals surface area contributed by atoms with Crippen LogP contribution in [0.25, 0.3) is 0 Å². The molecule has 0 atom stereocenters. The van der Waals surface area contributed by atoms with E-state index in [0.29, 0.717) is 11.7 Å². The molecule has 1 saturated carbocycles. The molecule has 25 heavy (non-hydrogen) atoms. The van der Waals surface area contributed by atoms with Gasteiger partial charge in [0.2, 0.25) is 0 Å². The molecule has 130 valence electrons. The molecule has 0 unspecified atom stereocenters. The minimum Gasteiger partial charge on any atom is -0.436 e. The van der Waals surface area contributed by atoms with E-state index in [0.717, 1.165) is 12.5 Å². The molecule has 1 aromatic heterocycles. The van der Waals surface area contributed by atoms with Gasteiger partial charge in [0, 0.05) is 11.8 Å². The molecular weight excluding hydrogens is 317 g/mol. The average molecular weight is 339 g/mol. The van der Waals surface area contributed by atoms with Gasteiger partial charge in [0.15, 0.2) is 11.6 Å². The van der Waals surface area contributed by atoms with E-state index < -0.39 is 5.82 Å². The molecule has 1 aliphatic rings. The standard InChI is InChI=1S/C21H22FNO2/c1-2-3-8-20(24)17-13-19(22)21(23-14-17)25-18-11-9-16(10-12-18)15-6-4-5-7-15/h3,8-15H,2,4-7H2,1H3/b8-3+. The van der Waals surface area contributed by atoms with Gasteiger partial charge in [-0.05, 0) is 55.0 Å². The predicted octanol–water partition coefficient (Wildman–Crippen LogP) is 5.82. The molecule has 2 aromatic rings. The second-order valence-electron chi connectivity index (χ2n) is 6.34. The number of carbonyl (C=O) groups is 1. The van der Waals surface area contributed by atoms with Gasteiger partial charge in [0.1, 0.15) is 5.75 Å². The van der Waals surface area contributed by atoms with Crippen molar-refractivity contribution in [1.29, 1.82) is 0 Å². The Morgan fingerprint density at radius 1 is 1.28 bits per heavy atom. The summed E-state index contributed by atoms with van der Waals surface area (Å²) in [7, 11) is 0. The van der Waals surface area contributed by atoms with Crippen molar-refractivity contribution in [1.82, 2.24) is 4.98 Å². The number of nitrogens with zero attached hydrogens (tertiary/aromatic N) is 1. The summed E-state index contributed by atoms with van der Waals surface area (Å²) in [6.07, 6.45) is 10.3. The number of ether oxygens (including phenoxy) is 1. The van der Waals surface area contributed by atoms with Crippen molar-refractivity contribution in [3.63, 3.8) is 0 Å². The highest BCUT2D eigenvalue weighted by molar-refractivity contribution is 6.04. The first-order valence-corrected chi connectivity index (χ1v) is 8.81. The van der Waals surface area contributed by atoms with Crippen LogP contribution in [0.5, 0.6) is 11.6 Å². The van der Waals surface area contributed by atoms with Crippen LogP contribution >= 0.6 is 0 Å². The highest BCUT2D eigenvalue weighted by Gasteiger charge is 2.17. The summed E-state index contributed by atoms with van der Waals surface area (Å²) in [5.74, 6) is 0.143. The average Bonchev–Trinajstić information content (AvgIpc) is 3.16. The first-order chi connectivity index (χ1) is 12.2. The summed E-state index contributed by atoms with van der Waals surface area (Å²) in [5.41, 5.74) is 1.52. The molecule has 0 spiro atoms. The largest absolute Gasteiger partial charge is 0.436 e. The Morgan fingerprint density at radius 2 is 2.00 bits per heavy atom. The summed E-state index contributed by atoms with van der Waals surface area (Å²) >= 11 is 0. The summed E-state index contributed by atoms with van der Waals surface area (Å²) in [6.45, 7) is 1.93. The van der Waals surface area contributed by atoms with Gasteiger partial charge in [0.25, 0.3) is 5.88 Å². The predicted molar refractivity (Wildman–Crippen MR) is 95.7 cm³/mol. The highest BCUT2D eigenvalue weighted by atomic mass is 19.1. The van der Waals surface area contributed by atoms with E-state index in [4.69, 9.17) is 4.74 Å². The van der Waals surface area contributed by atoms with E-state index >= 15 is 0 Å². The fourth-order valence-corrected chi connectivity index (χ4v) is 3.14. The van der Waals surface area contributed by atoms with Gasteiger partial charge in [-0.2, -0.15) is 0 Å². The van der Waals surface area contributed by atoms with Gasteiger partial charge in [-0.1, -0.05) is 38.0 Å². The van der Waals surface area contributed by atoms with E-state index in [1.807, 2.05) is 31.2 Å². The number of ketones is 1. The number of rotatable bonds is 6. The number of benzene rings is 1. The molecule has 0 radical (unpaired) electrons. The molecule has 0 amide bonds. The Morgan fingerprint density at radius 3 is 2.64 bits per heavy atom. The lowest BCUT2D eigenvalue weighted by molar-refractivity contribution is 0.104. The van der Waals surface area contributed by atoms with Crippen LogP contribution in [0.2, 0.25) is 0 Å². The number of allylic oxidation sites excluding steroid dienone is 2. The highest BCUT2D eigenvalue weighted by Crippen LogP contribution is 2.35. The van der Waals surface area contributed by atoms with Crippen molar-refractivity contribution in [2.45, 2.75) is 44.9 Å². The number of pyridine rings is 1. The van der Waals surface area contributed by atoms with Gasteiger partial charge in [-0.25, -0.2) is 9.37 Å². The third-order valence-electron chi connectivity index (χ3n) is 4.52. The number of halogens is 1. The van der Waals surface area contributed by atoms with Crippen LogP contribution in [-0.2, 0) is 0 Å². The first kappa shape index (κ1) is 17.3. The third-order valence-corrected chi connectivity index (χ3v) is 4.52. The Hall–Kier alpha value is -2.49. The Labute approximate surface area is 147 Å². The van der Waals surface area contributed by atoms with E-state index in [1.54, 1.807) is 6.08 Å².